The van der Waals surface area contributed by atoms with E-state index in [0.29, 0.717) is 6.54 Å². The van der Waals surface area contributed by atoms with Crippen LogP contribution in [-0.4, -0.2) is 11.5 Å². The number of hydrogen-bond donors (Lipinski definition) is 1. The van der Waals surface area contributed by atoms with E-state index in [4.69, 9.17) is 0 Å². The number of pyridine rings is 1. The molecule has 1 saturated carbocycles. The second-order valence-corrected chi connectivity index (χ2v) is 4.41. The van der Waals surface area contributed by atoms with Crippen LogP contribution in [0.4, 0.5) is 19.0 Å². The largest absolute Gasteiger partial charge is 0.419 e. The first-order valence-corrected chi connectivity index (χ1v) is 5.83. The first-order chi connectivity index (χ1) is 8.07. The van der Waals surface area contributed by atoms with Crippen molar-refractivity contribution in [3.8, 4) is 0 Å². The lowest BCUT2D eigenvalue weighted by Crippen LogP contribution is -2.13. The Morgan fingerprint density at radius 1 is 1.35 bits per heavy atom. The van der Waals surface area contributed by atoms with E-state index < -0.39 is 11.7 Å². The van der Waals surface area contributed by atoms with E-state index >= 15 is 0 Å². The van der Waals surface area contributed by atoms with Crippen LogP contribution >= 0.6 is 0 Å². The summed E-state index contributed by atoms with van der Waals surface area (Å²) in [5.41, 5.74) is -0.688. The molecule has 1 N–H and O–H groups in total. The lowest BCUT2D eigenvalue weighted by Gasteiger charge is -2.12. The van der Waals surface area contributed by atoms with Crippen LogP contribution in [0.5, 0.6) is 0 Å². The number of anilines is 1. The van der Waals surface area contributed by atoms with Crippen LogP contribution in [0.2, 0.25) is 0 Å². The Morgan fingerprint density at radius 2 is 2.12 bits per heavy atom. The Bertz CT molecular complexity index is 372. The molecule has 94 valence electrons. The van der Waals surface area contributed by atoms with Crippen molar-refractivity contribution in [1.82, 2.24) is 4.98 Å². The highest BCUT2D eigenvalue weighted by Crippen LogP contribution is 2.34. The van der Waals surface area contributed by atoms with Crippen molar-refractivity contribution >= 4 is 5.82 Å². The summed E-state index contributed by atoms with van der Waals surface area (Å²) in [6, 6.07) is 2.36. The molecule has 1 aromatic rings. The highest BCUT2D eigenvalue weighted by atomic mass is 19.4. The molecule has 0 radical (unpaired) electrons. The average molecular weight is 244 g/mol. The summed E-state index contributed by atoms with van der Waals surface area (Å²) in [5, 5.41) is 2.77. The Morgan fingerprint density at radius 3 is 2.76 bits per heavy atom. The van der Waals surface area contributed by atoms with Crippen molar-refractivity contribution in [3.05, 3.63) is 23.9 Å². The van der Waals surface area contributed by atoms with E-state index in [2.05, 4.69) is 10.3 Å². The summed E-state index contributed by atoms with van der Waals surface area (Å²) in [7, 11) is 0. The third kappa shape index (κ3) is 3.61. The third-order valence-corrected chi connectivity index (χ3v) is 2.89. The van der Waals surface area contributed by atoms with Crippen molar-refractivity contribution in [2.45, 2.75) is 31.9 Å². The molecule has 1 aliphatic rings. The summed E-state index contributed by atoms with van der Waals surface area (Å²) in [5.74, 6) is 0.749. The fourth-order valence-corrected chi connectivity index (χ4v) is 1.78. The van der Waals surface area contributed by atoms with Gasteiger partial charge in [0.15, 0.2) is 0 Å². The van der Waals surface area contributed by atoms with Crippen LogP contribution in [0.3, 0.4) is 0 Å². The molecule has 0 aromatic carbocycles. The maximum absolute atomic E-state index is 12.6. The van der Waals surface area contributed by atoms with E-state index in [1.54, 1.807) is 0 Å². The van der Waals surface area contributed by atoms with Crippen LogP contribution in [-0.2, 0) is 6.18 Å². The lowest BCUT2D eigenvalue weighted by molar-refractivity contribution is -0.137. The van der Waals surface area contributed by atoms with Crippen LogP contribution < -0.4 is 5.32 Å². The molecular formula is C12H15F3N2. The minimum Gasteiger partial charge on any atom is -0.370 e. The number of nitrogens with zero attached hydrogens (tertiary/aromatic N) is 1. The van der Waals surface area contributed by atoms with Gasteiger partial charge in [-0.25, -0.2) is 4.98 Å². The van der Waals surface area contributed by atoms with Gasteiger partial charge in [-0.15, -0.1) is 0 Å². The zero-order valence-electron chi connectivity index (χ0n) is 9.43. The van der Waals surface area contributed by atoms with Crippen LogP contribution in [0, 0.1) is 5.92 Å². The van der Waals surface area contributed by atoms with E-state index in [9.17, 15) is 13.2 Å². The van der Waals surface area contributed by atoms with E-state index in [1.807, 2.05) is 0 Å². The molecule has 0 unspecified atom stereocenters. The Hall–Kier alpha value is -1.26. The highest BCUT2D eigenvalue weighted by Gasteiger charge is 2.33. The molecule has 0 bridgehead atoms. The van der Waals surface area contributed by atoms with Crippen LogP contribution in [0.15, 0.2) is 18.3 Å². The summed E-state index contributed by atoms with van der Waals surface area (Å²) in [6.07, 6.45) is 1.58. The van der Waals surface area contributed by atoms with Crippen molar-refractivity contribution in [3.63, 3.8) is 0 Å². The number of alkyl halides is 3. The van der Waals surface area contributed by atoms with Gasteiger partial charge in [-0.1, -0.05) is 12.8 Å². The monoisotopic (exact) mass is 244 g/mol. The Kier molecular flexibility index (Phi) is 3.54. The molecule has 2 nitrogen and oxygen atoms in total. The van der Waals surface area contributed by atoms with Gasteiger partial charge >= 0.3 is 6.18 Å². The van der Waals surface area contributed by atoms with Crippen molar-refractivity contribution in [1.29, 1.82) is 0 Å². The first-order valence-electron chi connectivity index (χ1n) is 5.83. The minimum atomic E-state index is -4.34. The molecule has 1 aromatic heterocycles. The van der Waals surface area contributed by atoms with Gasteiger partial charge in [0, 0.05) is 12.7 Å². The van der Waals surface area contributed by atoms with Crippen molar-refractivity contribution in [2.24, 2.45) is 5.92 Å². The zero-order chi connectivity index (χ0) is 12.3. The van der Waals surface area contributed by atoms with Gasteiger partial charge < -0.3 is 5.32 Å². The summed E-state index contributed by atoms with van der Waals surface area (Å²) in [4.78, 5) is 3.75. The Balaban J connectivity index is 1.89. The van der Waals surface area contributed by atoms with Gasteiger partial charge in [0.2, 0.25) is 0 Å². The van der Waals surface area contributed by atoms with Gasteiger partial charge in [0.1, 0.15) is 5.82 Å². The minimum absolute atomic E-state index is 0.0594. The molecule has 0 spiro atoms. The highest BCUT2D eigenvalue weighted by molar-refractivity contribution is 5.45. The maximum atomic E-state index is 12.6. The molecule has 0 amide bonds. The average Bonchev–Trinajstić information content (AvgIpc) is 3.07. The molecule has 17 heavy (non-hydrogen) atoms. The number of hydrogen-bond acceptors (Lipinski definition) is 2. The maximum Gasteiger partial charge on any atom is 0.419 e. The third-order valence-electron chi connectivity index (χ3n) is 2.89. The van der Waals surface area contributed by atoms with Crippen molar-refractivity contribution in [2.75, 3.05) is 11.9 Å². The van der Waals surface area contributed by atoms with Gasteiger partial charge in [-0.05, 0) is 30.9 Å². The molecule has 2 rings (SSSR count). The molecule has 1 heterocycles. The summed E-state index contributed by atoms with van der Waals surface area (Å²) < 4.78 is 37.8. The molecule has 0 saturated heterocycles. The summed E-state index contributed by atoms with van der Waals surface area (Å²) in [6.45, 7) is 0.552. The normalized spacial score (nSPS) is 15.9. The van der Waals surface area contributed by atoms with E-state index in [0.717, 1.165) is 24.8 Å². The van der Waals surface area contributed by atoms with Crippen LogP contribution in [0.25, 0.3) is 0 Å². The van der Waals surface area contributed by atoms with Crippen LogP contribution in [0.1, 0.15) is 31.2 Å². The first kappa shape index (κ1) is 12.2. The number of aromatic nitrogens is 1. The van der Waals surface area contributed by atoms with Crippen molar-refractivity contribution < 1.29 is 13.2 Å². The van der Waals surface area contributed by atoms with Gasteiger partial charge in [0.25, 0.3) is 0 Å². The van der Waals surface area contributed by atoms with Gasteiger partial charge in [-0.3, -0.25) is 0 Å². The molecule has 0 aliphatic heterocycles. The SMILES string of the molecule is FC(F)(F)c1cccnc1NCCCC1CC1. The molecule has 5 heteroatoms. The number of halogens is 3. The summed E-state index contributed by atoms with van der Waals surface area (Å²) >= 11 is 0. The van der Waals surface area contributed by atoms with E-state index in [-0.39, 0.29) is 5.82 Å². The fourth-order valence-electron chi connectivity index (χ4n) is 1.78. The predicted octanol–water partition coefficient (Wildman–Crippen LogP) is 3.70. The second-order valence-electron chi connectivity index (χ2n) is 4.41. The zero-order valence-corrected chi connectivity index (χ0v) is 9.43. The molecule has 1 fully saturated rings. The van der Waals surface area contributed by atoms with Gasteiger partial charge in [-0.2, -0.15) is 13.2 Å². The second kappa shape index (κ2) is 4.94. The standard InChI is InChI=1S/C12H15F3N2/c13-12(14,15)10-4-2-8-17-11(10)16-7-1-3-9-5-6-9/h2,4,8-9H,1,3,5-7H2,(H,16,17). The topological polar surface area (TPSA) is 24.9 Å². The molecular weight excluding hydrogens is 229 g/mol. The number of rotatable bonds is 5. The van der Waals surface area contributed by atoms with Gasteiger partial charge in [0.05, 0.1) is 5.56 Å². The fraction of sp³-hybridized carbons (Fsp3) is 0.583. The van der Waals surface area contributed by atoms with E-state index in [1.165, 1.54) is 25.1 Å². The molecule has 0 atom stereocenters. The Labute approximate surface area is 98.2 Å². The lowest BCUT2D eigenvalue weighted by atomic mass is 10.2. The smallest absolute Gasteiger partial charge is 0.370 e. The molecule has 1 aliphatic carbocycles. The quantitative estimate of drug-likeness (QED) is 0.799. The predicted molar refractivity (Wildman–Crippen MR) is 59.7 cm³/mol. The number of nitrogens with one attached hydrogen (secondary N) is 1.